The number of dihydropyridines is 1. The Labute approximate surface area is 84.4 Å². The number of aryl methyl sites for hydroxylation is 1. The molecule has 0 amide bonds. The molecule has 14 heavy (non-hydrogen) atoms. The largest absolute Gasteiger partial charge is 0.381 e. The molecule has 72 valence electrons. The molecule has 2 rings (SSSR count). The quantitative estimate of drug-likeness (QED) is 0.727. The van der Waals surface area contributed by atoms with E-state index in [0.717, 1.165) is 23.5 Å². The van der Waals surface area contributed by atoms with Crippen LogP contribution in [0.4, 0.5) is 0 Å². The normalized spacial score (nSPS) is 15.6. The zero-order chi connectivity index (χ0) is 9.97. The van der Waals surface area contributed by atoms with Crippen molar-refractivity contribution in [3.05, 3.63) is 47.3 Å². The first kappa shape index (κ1) is 9.00. The van der Waals surface area contributed by atoms with Gasteiger partial charge in [0.05, 0.1) is 0 Å². The second kappa shape index (κ2) is 3.66. The first-order valence-electron chi connectivity index (χ1n) is 4.80. The van der Waals surface area contributed by atoms with Gasteiger partial charge in [0, 0.05) is 29.7 Å². The van der Waals surface area contributed by atoms with Gasteiger partial charge in [-0.15, -0.1) is 0 Å². The molecule has 0 atom stereocenters. The molecule has 0 saturated carbocycles. The molecule has 1 N–H and O–H groups in total. The molecule has 0 spiro atoms. The highest BCUT2D eigenvalue weighted by atomic mass is 14.9. The number of hydrogen-bond acceptors (Lipinski definition) is 2. The van der Waals surface area contributed by atoms with Gasteiger partial charge in [0.25, 0.3) is 0 Å². The zero-order valence-corrected chi connectivity index (χ0v) is 8.54. The van der Waals surface area contributed by atoms with Gasteiger partial charge in [-0.05, 0) is 32.1 Å². The molecule has 2 heteroatoms. The van der Waals surface area contributed by atoms with Crippen LogP contribution in [-0.4, -0.2) is 11.5 Å². The predicted molar refractivity (Wildman–Crippen MR) is 58.7 cm³/mol. The van der Waals surface area contributed by atoms with E-state index in [-0.39, 0.29) is 0 Å². The Bertz CT molecular complexity index is 385. The van der Waals surface area contributed by atoms with E-state index in [1.807, 2.05) is 19.2 Å². The van der Waals surface area contributed by atoms with E-state index in [9.17, 15) is 0 Å². The van der Waals surface area contributed by atoms with Crippen molar-refractivity contribution in [2.75, 3.05) is 6.54 Å². The lowest BCUT2D eigenvalue weighted by molar-refractivity contribution is 0.938. The number of pyridine rings is 1. The summed E-state index contributed by atoms with van der Waals surface area (Å²) in [5.41, 5.74) is 4.72. The highest BCUT2D eigenvalue weighted by Gasteiger charge is 2.04. The molecule has 0 fully saturated rings. The maximum atomic E-state index is 4.27. The van der Waals surface area contributed by atoms with Gasteiger partial charge < -0.3 is 5.32 Å². The summed E-state index contributed by atoms with van der Waals surface area (Å²) in [7, 11) is 0. The maximum absolute atomic E-state index is 4.27. The van der Waals surface area contributed by atoms with Crippen LogP contribution in [0.15, 0.2) is 36.1 Å². The van der Waals surface area contributed by atoms with Crippen molar-refractivity contribution in [2.45, 2.75) is 13.8 Å². The van der Waals surface area contributed by atoms with Crippen LogP contribution in [0, 0.1) is 6.92 Å². The summed E-state index contributed by atoms with van der Waals surface area (Å²) in [6.45, 7) is 5.05. The van der Waals surface area contributed by atoms with E-state index < -0.39 is 0 Å². The number of hydrogen-bond donors (Lipinski definition) is 1. The van der Waals surface area contributed by atoms with E-state index >= 15 is 0 Å². The van der Waals surface area contributed by atoms with Crippen molar-refractivity contribution >= 4 is 5.70 Å². The monoisotopic (exact) mass is 186 g/mol. The molecule has 0 saturated heterocycles. The number of nitrogens with one attached hydrogen (secondary N) is 1. The Morgan fingerprint density at radius 2 is 2.07 bits per heavy atom. The van der Waals surface area contributed by atoms with Crippen LogP contribution in [0.1, 0.15) is 18.2 Å². The third-order valence-corrected chi connectivity index (χ3v) is 2.31. The minimum atomic E-state index is 0.930. The summed E-state index contributed by atoms with van der Waals surface area (Å²) in [4.78, 5) is 4.27. The van der Waals surface area contributed by atoms with Gasteiger partial charge in [0.1, 0.15) is 0 Å². The molecule has 0 radical (unpaired) electrons. The van der Waals surface area contributed by atoms with Crippen LogP contribution in [0.5, 0.6) is 0 Å². The van der Waals surface area contributed by atoms with Gasteiger partial charge in [-0.3, -0.25) is 4.98 Å². The molecule has 0 bridgehead atoms. The Morgan fingerprint density at radius 1 is 1.21 bits per heavy atom. The summed E-state index contributed by atoms with van der Waals surface area (Å²) < 4.78 is 0. The summed E-state index contributed by atoms with van der Waals surface area (Å²) in [6, 6.07) is 4.12. The predicted octanol–water partition coefficient (Wildman–Crippen LogP) is 2.28. The molecule has 0 aromatic carbocycles. The molecular weight excluding hydrogens is 172 g/mol. The van der Waals surface area contributed by atoms with E-state index in [2.05, 4.69) is 35.4 Å². The molecule has 0 unspecified atom stereocenters. The lowest BCUT2D eigenvalue weighted by atomic mass is 10.1. The van der Waals surface area contributed by atoms with E-state index in [1.165, 1.54) is 5.57 Å². The molecule has 1 aliphatic heterocycles. The van der Waals surface area contributed by atoms with Crippen molar-refractivity contribution in [1.82, 2.24) is 10.3 Å². The number of nitrogens with zero attached hydrogens (tertiary/aromatic N) is 1. The number of aromatic nitrogens is 1. The second-order valence-electron chi connectivity index (χ2n) is 3.64. The molecule has 1 aliphatic rings. The van der Waals surface area contributed by atoms with Gasteiger partial charge in [0.15, 0.2) is 0 Å². The maximum Gasteiger partial charge on any atom is 0.0431 e. The van der Waals surface area contributed by atoms with Gasteiger partial charge in [-0.1, -0.05) is 11.6 Å². The molecule has 0 aliphatic carbocycles. The third-order valence-electron chi connectivity index (χ3n) is 2.31. The molecule has 1 aromatic rings. The molecule has 2 nitrogen and oxygen atoms in total. The summed E-state index contributed by atoms with van der Waals surface area (Å²) in [6.07, 6.45) is 6.15. The Kier molecular flexibility index (Phi) is 2.35. The minimum Gasteiger partial charge on any atom is -0.381 e. The molecular formula is C12H14N2. The fourth-order valence-corrected chi connectivity index (χ4v) is 1.40. The first-order valence-corrected chi connectivity index (χ1v) is 4.80. The van der Waals surface area contributed by atoms with Crippen molar-refractivity contribution in [2.24, 2.45) is 0 Å². The van der Waals surface area contributed by atoms with Crippen molar-refractivity contribution in [3.63, 3.8) is 0 Å². The first-order chi connectivity index (χ1) is 6.75. The lowest BCUT2D eigenvalue weighted by Crippen LogP contribution is -2.17. The fourth-order valence-electron chi connectivity index (χ4n) is 1.40. The SMILES string of the molecule is CC1=CC=C(c2ccc(C)nc2)NC1. The Morgan fingerprint density at radius 3 is 2.64 bits per heavy atom. The topological polar surface area (TPSA) is 24.9 Å². The summed E-state index contributed by atoms with van der Waals surface area (Å²) >= 11 is 0. The number of rotatable bonds is 1. The molecule has 1 aromatic heterocycles. The van der Waals surface area contributed by atoms with Gasteiger partial charge in [-0.25, -0.2) is 0 Å². The third kappa shape index (κ3) is 1.84. The van der Waals surface area contributed by atoms with Crippen LogP contribution in [0.3, 0.4) is 0 Å². The highest BCUT2D eigenvalue weighted by molar-refractivity contribution is 5.66. The van der Waals surface area contributed by atoms with Crippen molar-refractivity contribution in [1.29, 1.82) is 0 Å². The van der Waals surface area contributed by atoms with E-state index in [0.29, 0.717) is 0 Å². The zero-order valence-electron chi connectivity index (χ0n) is 8.54. The van der Waals surface area contributed by atoms with Gasteiger partial charge in [-0.2, -0.15) is 0 Å². The van der Waals surface area contributed by atoms with Crippen LogP contribution < -0.4 is 5.32 Å². The van der Waals surface area contributed by atoms with Crippen molar-refractivity contribution < 1.29 is 0 Å². The lowest BCUT2D eigenvalue weighted by Gasteiger charge is -2.14. The average molecular weight is 186 g/mol. The minimum absolute atomic E-state index is 0.930. The molecule has 2 heterocycles. The summed E-state index contributed by atoms with van der Waals surface area (Å²) in [5, 5.41) is 3.36. The van der Waals surface area contributed by atoms with Crippen LogP contribution in [0.2, 0.25) is 0 Å². The smallest absolute Gasteiger partial charge is 0.0431 e. The Hall–Kier alpha value is -1.57. The van der Waals surface area contributed by atoms with Crippen LogP contribution >= 0.6 is 0 Å². The van der Waals surface area contributed by atoms with Gasteiger partial charge in [0.2, 0.25) is 0 Å². The average Bonchev–Trinajstić information content (AvgIpc) is 2.21. The van der Waals surface area contributed by atoms with Crippen molar-refractivity contribution in [3.8, 4) is 0 Å². The Balaban J connectivity index is 2.28. The number of allylic oxidation sites excluding steroid dienone is 2. The standard InChI is InChI=1S/C12H14N2/c1-9-3-6-12(14-7-9)11-5-4-10(2)13-8-11/h3-6,8,14H,7H2,1-2H3. The summed E-state index contributed by atoms with van der Waals surface area (Å²) in [5.74, 6) is 0. The second-order valence-corrected chi connectivity index (χ2v) is 3.64. The van der Waals surface area contributed by atoms with Crippen LogP contribution in [0.25, 0.3) is 5.70 Å². The fraction of sp³-hybridized carbons (Fsp3) is 0.250. The highest BCUT2D eigenvalue weighted by Crippen LogP contribution is 2.14. The van der Waals surface area contributed by atoms with E-state index in [1.54, 1.807) is 0 Å². The van der Waals surface area contributed by atoms with E-state index in [4.69, 9.17) is 0 Å². The van der Waals surface area contributed by atoms with Crippen LogP contribution in [-0.2, 0) is 0 Å². The van der Waals surface area contributed by atoms with Gasteiger partial charge >= 0.3 is 0 Å².